The first-order chi connectivity index (χ1) is 10.3. The van der Waals surface area contributed by atoms with Crippen molar-refractivity contribution < 1.29 is 8.42 Å². The number of sulfonamides is 1. The molecule has 0 aromatic heterocycles. The third kappa shape index (κ3) is 4.02. The summed E-state index contributed by atoms with van der Waals surface area (Å²) in [5.74, 6) is 0. The van der Waals surface area contributed by atoms with Crippen LogP contribution in [-0.2, 0) is 16.4 Å². The maximum atomic E-state index is 12.5. The Kier molecular flexibility index (Phi) is 5.50. The van der Waals surface area contributed by atoms with Crippen molar-refractivity contribution in [3.63, 3.8) is 0 Å². The molecule has 0 fully saturated rings. The molecule has 1 atom stereocenters. The number of benzene rings is 2. The molecule has 22 heavy (non-hydrogen) atoms. The van der Waals surface area contributed by atoms with Gasteiger partial charge in [-0.25, -0.2) is 13.1 Å². The average molecular weight is 358 g/mol. The van der Waals surface area contributed by atoms with Crippen molar-refractivity contribution in [2.45, 2.75) is 31.2 Å². The molecule has 3 nitrogen and oxygen atoms in total. The fraction of sp³-hybridized carbons (Fsp3) is 0.250. The molecule has 0 radical (unpaired) electrons. The molecule has 6 heteroatoms. The number of hydrogen-bond donors (Lipinski definition) is 1. The molecule has 2 aromatic carbocycles. The van der Waals surface area contributed by atoms with Crippen molar-refractivity contribution in [3.8, 4) is 0 Å². The second-order valence-corrected chi connectivity index (χ2v) is 7.54. The van der Waals surface area contributed by atoms with E-state index in [1.807, 2.05) is 24.3 Å². The van der Waals surface area contributed by atoms with Crippen molar-refractivity contribution >= 4 is 33.2 Å². The molecule has 0 aliphatic rings. The smallest absolute Gasteiger partial charge is 0.207 e. The fourth-order valence-corrected chi connectivity index (χ4v) is 4.08. The quantitative estimate of drug-likeness (QED) is 0.849. The Morgan fingerprint density at radius 3 is 2.32 bits per heavy atom. The monoisotopic (exact) mass is 357 g/mol. The van der Waals surface area contributed by atoms with Crippen LogP contribution in [0.15, 0.2) is 47.4 Å². The summed E-state index contributed by atoms with van der Waals surface area (Å²) >= 11 is 11.8. The van der Waals surface area contributed by atoms with Crippen molar-refractivity contribution in [2.75, 3.05) is 0 Å². The number of hydrogen-bond acceptors (Lipinski definition) is 2. The van der Waals surface area contributed by atoms with Crippen molar-refractivity contribution in [3.05, 3.63) is 63.6 Å². The van der Waals surface area contributed by atoms with Gasteiger partial charge in [-0.15, -0.1) is 0 Å². The van der Waals surface area contributed by atoms with Gasteiger partial charge in [0.15, 0.2) is 0 Å². The minimum Gasteiger partial charge on any atom is -0.207 e. The van der Waals surface area contributed by atoms with Gasteiger partial charge in [0, 0.05) is 11.1 Å². The van der Waals surface area contributed by atoms with E-state index in [4.69, 9.17) is 23.2 Å². The molecule has 118 valence electrons. The maximum Gasteiger partial charge on any atom is 0.242 e. The highest BCUT2D eigenvalue weighted by atomic mass is 35.5. The van der Waals surface area contributed by atoms with Gasteiger partial charge in [-0.2, -0.15) is 0 Å². The van der Waals surface area contributed by atoms with Crippen LogP contribution in [0.3, 0.4) is 0 Å². The van der Waals surface area contributed by atoms with Gasteiger partial charge in [0.05, 0.1) is 5.02 Å². The average Bonchev–Trinajstić information content (AvgIpc) is 2.49. The van der Waals surface area contributed by atoms with E-state index in [0.29, 0.717) is 5.02 Å². The van der Waals surface area contributed by atoms with Crippen LogP contribution in [0.5, 0.6) is 0 Å². The lowest BCUT2D eigenvalue weighted by Gasteiger charge is -2.16. The molecule has 1 N–H and O–H groups in total. The first kappa shape index (κ1) is 17.3. The zero-order valence-electron chi connectivity index (χ0n) is 12.3. The maximum absolute atomic E-state index is 12.5. The highest BCUT2D eigenvalue weighted by Gasteiger charge is 2.21. The van der Waals surface area contributed by atoms with Crippen molar-refractivity contribution in [2.24, 2.45) is 0 Å². The van der Waals surface area contributed by atoms with Gasteiger partial charge in [-0.1, -0.05) is 54.4 Å². The summed E-state index contributed by atoms with van der Waals surface area (Å²) in [5, 5.41) is 0.468. The molecule has 0 amide bonds. The first-order valence-corrected chi connectivity index (χ1v) is 9.13. The van der Waals surface area contributed by atoms with E-state index >= 15 is 0 Å². The van der Waals surface area contributed by atoms with Gasteiger partial charge in [-0.05, 0) is 42.7 Å². The number of aryl methyl sites for hydroxylation is 1. The zero-order valence-corrected chi connectivity index (χ0v) is 14.6. The molecule has 2 aromatic rings. The van der Waals surface area contributed by atoms with E-state index in [1.165, 1.54) is 17.7 Å². The van der Waals surface area contributed by atoms with E-state index in [9.17, 15) is 8.42 Å². The summed E-state index contributed by atoms with van der Waals surface area (Å²) in [5.41, 5.74) is 2.09. The summed E-state index contributed by atoms with van der Waals surface area (Å²) in [6.45, 7) is 3.86. The molecule has 0 heterocycles. The van der Waals surface area contributed by atoms with Gasteiger partial charge in [-0.3, -0.25) is 0 Å². The Morgan fingerprint density at radius 1 is 1.09 bits per heavy atom. The highest BCUT2D eigenvalue weighted by molar-refractivity contribution is 7.89. The third-order valence-corrected chi connectivity index (χ3v) is 5.66. The summed E-state index contributed by atoms with van der Waals surface area (Å²) in [4.78, 5) is -0.0151. The molecule has 0 aliphatic carbocycles. The Labute approximate surface area is 141 Å². The van der Waals surface area contributed by atoms with Crippen molar-refractivity contribution in [1.29, 1.82) is 0 Å². The molecule has 0 saturated heterocycles. The van der Waals surface area contributed by atoms with Crippen LogP contribution < -0.4 is 4.72 Å². The van der Waals surface area contributed by atoms with Crippen LogP contribution in [0.1, 0.15) is 31.0 Å². The van der Waals surface area contributed by atoms with E-state index in [2.05, 4.69) is 11.6 Å². The number of rotatable bonds is 5. The topological polar surface area (TPSA) is 46.2 Å². The van der Waals surface area contributed by atoms with Gasteiger partial charge >= 0.3 is 0 Å². The molecule has 0 aliphatic heterocycles. The van der Waals surface area contributed by atoms with E-state index in [0.717, 1.165) is 12.0 Å². The molecule has 2 rings (SSSR count). The predicted octanol–water partition coefficient (Wildman–Crippen LogP) is 4.60. The Balaban J connectivity index is 2.25. The van der Waals surface area contributed by atoms with Gasteiger partial charge in [0.1, 0.15) is 4.90 Å². The normalized spacial score (nSPS) is 13.1. The van der Waals surface area contributed by atoms with Crippen LogP contribution in [-0.4, -0.2) is 8.42 Å². The van der Waals surface area contributed by atoms with E-state index in [-0.39, 0.29) is 16.0 Å². The van der Waals surface area contributed by atoms with Gasteiger partial charge in [0.25, 0.3) is 0 Å². The lowest BCUT2D eigenvalue weighted by atomic mass is 10.1. The number of halogens is 2. The van der Waals surface area contributed by atoms with Gasteiger partial charge in [0.2, 0.25) is 10.0 Å². The predicted molar refractivity (Wildman–Crippen MR) is 91.0 cm³/mol. The zero-order chi connectivity index (χ0) is 16.3. The molecular formula is C16H17Cl2NO2S. The van der Waals surface area contributed by atoms with Crippen LogP contribution in [0, 0.1) is 0 Å². The molecule has 0 spiro atoms. The minimum absolute atomic E-state index is 0.0151. The Morgan fingerprint density at radius 2 is 1.73 bits per heavy atom. The van der Waals surface area contributed by atoms with Gasteiger partial charge < -0.3 is 0 Å². The largest absolute Gasteiger partial charge is 0.242 e. The standard InChI is InChI=1S/C16H17Cl2NO2S/c1-3-12-4-6-13(7-5-12)11(2)19-22(20,21)16-10-14(17)8-9-15(16)18/h4-11,19H,3H2,1-2H3/t11-/m1/s1. The minimum atomic E-state index is -3.74. The van der Waals surface area contributed by atoms with Crippen LogP contribution in [0.25, 0.3) is 0 Å². The molecule has 0 saturated carbocycles. The van der Waals surface area contributed by atoms with E-state index < -0.39 is 10.0 Å². The van der Waals surface area contributed by atoms with Crippen LogP contribution in [0.2, 0.25) is 10.0 Å². The molecular weight excluding hydrogens is 341 g/mol. The fourth-order valence-electron chi connectivity index (χ4n) is 2.09. The Hall–Kier alpha value is -1.07. The second kappa shape index (κ2) is 7.01. The number of nitrogens with one attached hydrogen (secondary N) is 1. The third-order valence-electron chi connectivity index (χ3n) is 3.40. The summed E-state index contributed by atoms with van der Waals surface area (Å²) in [6.07, 6.45) is 0.943. The summed E-state index contributed by atoms with van der Waals surface area (Å²) in [6, 6.07) is 11.8. The molecule has 0 bridgehead atoms. The van der Waals surface area contributed by atoms with E-state index in [1.54, 1.807) is 13.0 Å². The second-order valence-electron chi connectivity index (χ2n) is 5.01. The van der Waals surface area contributed by atoms with Crippen LogP contribution >= 0.6 is 23.2 Å². The Bertz CT molecular complexity index is 758. The lowest BCUT2D eigenvalue weighted by Crippen LogP contribution is -2.27. The van der Waals surface area contributed by atoms with Crippen molar-refractivity contribution in [1.82, 2.24) is 4.72 Å². The highest BCUT2D eigenvalue weighted by Crippen LogP contribution is 2.26. The molecule has 0 unspecified atom stereocenters. The first-order valence-electron chi connectivity index (χ1n) is 6.89. The summed E-state index contributed by atoms with van der Waals surface area (Å²) < 4.78 is 27.5. The SMILES string of the molecule is CCc1ccc([C@@H](C)NS(=O)(=O)c2cc(Cl)ccc2Cl)cc1. The lowest BCUT2D eigenvalue weighted by molar-refractivity contribution is 0.567. The van der Waals surface area contributed by atoms with Crippen LogP contribution in [0.4, 0.5) is 0 Å². The summed E-state index contributed by atoms with van der Waals surface area (Å²) in [7, 11) is -3.74.